The number of pyridine rings is 1. The molecule has 2 aliphatic heterocycles. The number of aromatic carboxylic acids is 1. The molecule has 0 spiro atoms. The Kier molecular flexibility index (Phi) is 6.17. The van der Waals surface area contributed by atoms with E-state index in [9.17, 15) is 23.1 Å². The molecular weight excluding hydrogens is 499 g/mol. The summed E-state index contributed by atoms with van der Waals surface area (Å²) in [6.07, 6.45) is 0.616. The summed E-state index contributed by atoms with van der Waals surface area (Å²) in [5.74, 6) is 0.490. The largest absolute Gasteiger partial charge is 0.478 e. The van der Waals surface area contributed by atoms with Crippen LogP contribution in [-0.2, 0) is 17.5 Å². The van der Waals surface area contributed by atoms with Crippen LogP contribution in [0.5, 0.6) is 0 Å². The Hall–Kier alpha value is -3.40. The molecule has 3 fully saturated rings. The van der Waals surface area contributed by atoms with Crippen LogP contribution in [0.25, 0.3) is 11.3 Å². The van der Waals surface area contributed by atoms with Gasteiger partial charge in [-0.1, -0.05) is 23.4 Å². The second-order valence-electron chi connectivity index (χ2n) is 10.5. The molecule has 10 heteroatoms. The van der Waals surface area contributed by atoms with E-state index in [2.05, 4.69) is 15.0 Å². The van der Waals surface area contributed by atoms with Gasteiger partial charge in [-0.25, -0.2) is 9.78 Å². The topological polar surface area (TPSA) is 88.7 Å². The molecular formula is C28H28F3N3O4. The van der Waals surface area contributed by atoms with E-state index in [1.54, 1.807) is 25.1 Å². The third-order valence-electron chi connectivity index (χ3n) is 7.86. The average molecular weight is 528 g/mol. The van der Waals surface area contributed by atoms with Crippen LogP contribution in [0.1, 0.15) is 77.4 Å². The number of carboxylic acid groups (broad SMARTS) is 1. The molecule has 1 aliphatic carbocycles. The first kappa shape index (κ1) is 24.9. The van der Waals surface area contributed by atoms with Crippen molar-refractivity contribution in [3.63, 3.8) is 0 Å². The van der Waals surface area contributed by atoms with Crippen LogP contribution in [0.2, 0.25) is 0 Å². The molecule has 3 aromatic rings. The van der Waals surface area contributed by atoms with Crippen LogP contribution in [-0.4, -0.2) is 39.4 Å². The summed E-state index contributed by atoms with van der Waals surface area (Å²) in [4.78, 5) is 18.4. The predicted octanol–water partition coefficient (Wildman–Crippen LogP) is 6.36. The number of aromatic nitrogens is 2. The van der Waals surface area contributed by atoms with E-state index in [0.717, 1.165) is 44.6 Å². The van der Waals surface area contributed by atoms with Crippen LogP contribution >= 0.6 is 0 Å². The van der Waals surface area contributed by atoms with Crippen molar-refractivity contribution in [3.8, 4) is 11.3 Å². The predicted molar refractivity (Wildman–Crippen MR) is 132 cm³/mol. The van der Waals surface area contributed by atoms with Gasteiger partial charge >= 0.3 is 12.1 Å². The van der Waals surface area contributed by atoms with E-state index < -0.39 is 17.7 Å². The molecule has 1 saturated carbocycles. The number of hydrogen-bond acceptors (Lipinski definition) is 6. The summed E-state index contributed by atoms with van der Waals surface area (Å²) in [5, 5.41) is 13.6. The van der Waals surface area contributed by atoms with Crippen molar-refractivity contribution in [2.45, 2.75) is 82.3 Å². The zero-order valence-corrected chi connectivity index (χ0v) is 20.9. The van der Waals surface area contributed by atoms with Gasteiger partial charge in [0.15, 0.2) is 0 Å². The lowest BCUT2D eigenvalue weighted by atomic mass is 9.98. The molecule has 2 bridgehead atoms. The fraction of sp³-hybridized carbons (Fsp3) is 0.464. The molecule has 4 heterocycles. The van der Waals surface area contributed by atoms with Crippen LogP contribution in [0.3, 0.4) is 0 Å². The standard InChI is InChI=1S/C28H28F3N3O4/c1-15-10-17(27(35)36)11-24(32-15)34-18-8-9-19(34)13-20(12-18)37-14-22-25(33-38-26(22)16-6-7-16)21-4-2-3-5-23(21)28(29,30)31/h2-5,10-11,16,18-20H,6-9,12-14H2,1H3,(H,35,36)/t18-,19+,20?. The molecule has 0 radical (unpaired) electrons. The minimum absolute atomic E-state index is 0.00361. The van der Waals surface area contributed by atoms with Gasteiger partial charge in [0.1, 0.15) is 17.3 Å². The van der Waals surface area contributed by atoms with Crippen LogP contribution < -0.4 is 4.90 Å². The Morgan fingerprint density at radius 1 is 1.13 bits per heavy atom. The Morgan fingerprint density at radius 2 is 1.84 bits per heavy atom. The molecule has 0 amide bonds. The number of fused-ring (bicyclic) bond motifs is 2. The molecule has 7 nitrogen and oxygen atoms in total. The number of carboxylic acids is 1. The molecule has 1 aromatic carbocycles. The van der Waals surface area contributed by atoms with Gasteiger partial charge in [-0.3, -0.25) is 0 Å². The highest BCUT2D eigenvalue weighted by molar-refractivity contribution is 5.88. The summed E-state index contributed by atoms with van der Waals surface area (Å²) < 4.78 is 53.2. The molecule has 2 saturated heterocycles. The lowest BCUT2D eigenvalue weighted by Crippen LogP contribution is -2.46. The lowest BCUT2D eigenvalue weighted by molar-refractivity contribution is -0.137. The number of halogens is 3. The summed E-state index contributed by atoms with van der Waals surface area (Å²) in [7, 11) is 0. The molecule has 2 aromatic heterocycles. The second-order valence-corrected chi connectivity index (χ2v) is 10.5. The van der Waals surface area contributed by atoms with Gasteiger partial charge in [-0.15, -0.1) is 0 Å². The second kappa shape index (κ2) is 9.41. The van der Waals surface area contributed by atoms with Gasteiger partial charge in [0.2, 0.25) is 0 Å². The van der Waals surface area contributed by atoms with Gasteiger partial charge < -0.3 is 19.3 Å². The number of ether oxygens (including phenoxy) is 1. The first-order valence-corrected chi connectivity index (χ1v) is 13.0. The van der Waals surface area contributed by atoms with Crippen molar-refractivity contribution in [3.05, 3.63) is 64.5 Å². The third-order valence-corrected chi connectivity index (χ3v) is 7.86. The van der Waals surface area contributed by atoms with E-state index in [-0.39, 0.29) is 47.5 Å². The number of hydrogen-bond donors (Lipinski definition) is 1. The summed E-state index contributed by atoms with van der Waals surface area (Å²) >= 11 is 0. The maximum absolute atomic E-state index is 13.8. The summed E-state index contributed by atoms with van der Waals surface area (Å²) in [6, 6.07) is 8.95. The van der Waals surface area contributed by atoms with Crippen molar-refractivity contribution in [1.29, 1.82) is 0 Å². The highest BCUT2D eigenvalue weighted by Gasteiger charge is 2.43. The van der Waals surface area contributed by atoms with E-state index in [1.165, 1.54) is 12.1 Å². The van der Waals surface area contributed by atoms with Gasteiger partial charge in [0.05, 0.1) is 23.8 Å². The number of benzene rings is 1. The maximum atomic E-state index is 13.8. The van der Waals surface area contributed by atoms with Crippen LogP contribution in [0, 0.1) is 6.92 Å². The monoisotopic (exact) mass is 527 g/mol. The lowest BCUT2D eigenvalue weighted by Gasteiger charge is -2.39. The summed E-state index contributed by atoms with van der Waals surface area (Å²) in [6.45, 7) is 1.92. The van der Waals surface area contributed by atoms with Crippen molar-refractivity contribution in [2.24, 2.45) is 0 Å². The number of nitrogens with zero attached hydrogens (tertiary/aromatic N) is 3. The fourth-order valence-electron chi connectivity index (χ4n) is 6.02. The number of alkyl halides is 3. The SMILES string of the molecule is Cc1cc(C(=O)O)cc(N2[C@@H]3CC[C@H]2CC(OCc2c(-c4ccccc4C(F)(F)F)noc2C2CC2)C3)n1. The van der Waals surface area contributed by atoms with Gasteiger partial charge in [0.25, 0.3) is 0 Å². The third kappa shape index (κ3) is 4.66. The fourth-order valence-corrected chi connectivity index (χ4v) is 6.02. The Labute approximate surface area is 217 Å². The number of aryl methyl sites for hydroxylation is 1. The van der Waals surface area contributed by atoms with E-state index >= 15 is 0 Å². The van der Waals surface area contributed by atoms with Crippen molar-refractivity contribution < 1.29 is 32.3 Å². The number of carbonyl (C=O) groups is 1. The van der Waals surface area contributed by atoms with E-state index in [1.807, 2.05) is 0 Å². The van der Waals surface area contributed by atoms with Crippen molar-refractivity contribution >= 4 is 11.8 Å². The average Bonchev–Trinajstić information content (AvgIpc) is 3.57. The smallest absolute Gasteiger partial charge is 0.417 e. The Bertz CT molecular complexity index is 1350. The molecule has 3 aliphatic rings. The van der Waals surface area contributed by atoms with Gasteiger partial charge in [-0.2, -0.15) is 13.2 Å². The van der Waals surface area contributed by atoms with Crippen molar-refractivity contribution in [1.82, 2.24) is 10.1 Å². The van der Waals surface area contributed by atoms with E-state index in [4.69, 9.17) is 9.26 Å². The van der Waals surface area contributed by atoms with Gasteiger partial charge in [-0.05, 0) is 63.6 Å². The molecule has 1 unspecified atom stereocenters. The Balaban J connectivity index is 1.22. The highest BCUT2D eigenvalue weighted by atomic mass is 19.4. The quantitative estimate of drug-likeness (QED) is 0.383. The summed E-state index contributed by atoms with van der Waals surface area (Å²) in [5.41, 5.74) is 0.941. The first-order chi connectivity index (χ1) is 18.2. The van der Waals surface area contributed by atoms with E-state index in [0.29, 0.717) is 22.8 Å². The zero-order chi connectivity index (χ0) is 26.6. The van der Waals surface area contributed by atoms with Crippen LogP contribution in [0.4, 0.5) is 19.0 Å². The first-order valence-electron chi connectivity index (χ1n) is 13.0. The molecule has 6 rings (SSSR count). The Morgan fingerprint density at radius 3 is 2.50 bits per heavy atom. The molecule has 3 atom stereocenters. The van der Waals surface area contributed by atoms with Gasteiger partial charge in [0, 0.05) is 34.8 Å². The zero-order valence-electron chi connectivity index (χ0n) is 20.9. The highest BCUT2D eigenvalue weighted by Crippen LogP contribution is 2.46. The number of anilines is 1. The minimum atomic E-state index is -4.51. The molecule has 1 N–H and O–H groups in total. The molecule has 38 heavy (non-hydrogen) atoms. The van der Waals surface area contributed by atoms with Crippen LogP contribution in [0.15, 0.2) is 40.9 Å². The maximum Gasteiger partial charge on any atom is 0.417 e. The van der Waals surface area contributed by atoms with Crippen molar-refractivity contribution in [2.75, 3.05) is 4.90 Å². The number of piperidine rings is 1. The number of rotatable bonds is 7. The normalized spacial score (nSPS) is 23.2. The minimum Gasteiger partial charge on any atom is -0.478 e. The molecule has 200 valence electrons.